The van der Waals surface area contributed by atoms with Gasteiger partial charge in [-0.3, -0.25) is 67.1 Å². The van der Waals surface area contributed by atoms with Gasteiger partial charge < -0.3 is 113 Å². The second kappa shape index (κ2) is 43.8. The molecule has 36 nitrogen and oxygen atoms in total. The number of para-hydroxylation sites is 2. The van der Waals surface area contributed by atoms with Gasteiger partial charge in [0.1, 0.15) is 83.5 Å². The Kier molecular flexibility index (Phi) is 34.5. The summed E-state index contributed by atoms with van der Waals surface area (Å²) >= 11 is 1.35. The molecular weight excluding hydrogens is 1570 g/mol. The summed E-state index contributed by atoms with van der Waals surface area (Å²) in [5.41, 5.74) is 7.17. The molecule has 120 heavy (non-hydrogen) atoms. The molecule has 0 spiro atoms. The summed E-state index contributed by atoms with van der Waals surface area (Å²) in [6, 6.07) is 3.89. The summed E-state index contributed by atoms with van der Waals surface area (Å²) < 4.78 is 0. The van der Waals surface area contributed by atoms with E-state index in [2.05, 4.69) is 57.8 Å². The van der Waals surface area contributed by atoms with E-state index in [1.807, 2.05) is 32.9 Å². The predicted molar refractivity (Wildman–Crippen MR) is 445 cm³/mol. The number of primary amides is 1. The maximum absolute atomic E-state index is 15.2. The SMILES string of the molecule is CCCC[C@@H](C(=O)N(C)[C@@H](CCCC)C(=O)NC)N(C)C(=O)[C@H](Cc1c[nH]c2ccccc12)NC(=O)[C@H](CO)NC(=O)[C@H](Cc1c[nH]c2ccccc12)NC(=O)[C@@H]1C[C@@H](O)CN1C(=O)[C@H](CCC(C)=O)NC(=O)[C@H](CO)NC(=O)[C@@H]1CCCN1C(=O)[C@H](CC(N)=O)NC(=O)[C@H](C)N(C)C(=O)C1(NC(=O)CSC[C@@H](C)NC)CC1c1ccc(O)cc1. The van der Waals surface area contributed by atoms with E-state index in [1.165, 1.54) is 75.7 Å². The molecule has 0 bridgehead atoms. The van der Waals surface area contributed by atoms with Crippen LogP contribution >= 0.6 is 11.8 Å². The number of aromatic amines is 2. The monoisotopic (exact) mass is 1690 g/mol. The molecule has 17 N–H and O–H groups in total. The number of rotatable bonds is 45. The number of hydrogen-bond donors (Lipinski definition) is 16. The lowest BCUT2D eigenvalue weighted by atomic mass is 10.00. The second-order valence-corrected chi connectivity index (χ2v) is 32.4. The zero-order valence-corrected chi connectivity index (χ0v) is 70.5. The van der Waals surface area contributed by atoms with Crippen LogP contribution in [0.15, 0.2) is 85.2 Å². The molecule has 2 aromatic heterocycles. The number of nitrogens with two attached hydrogens (primary N) is 1. The number of likely N-dealkylation sites (tertiary alicyclic amines) is 2. The number of hydrogen-bond acceptors (Lipinski definition) is 21. The number of β-amino-alcohol motifs (C(OH)–C–C–N with tert-alkyl or cyclic N) is 1. The number of carbonyl (C=O) groups is 15. The number of phenolic OH excluding ortho intramolecular Hbond substituents is 1. The number of aromatic hydroxyl groups is 1. The van der Waals surface area contributed by atoms with Crippen LogP contribution in [0.4, 0.5) is 0 Å². The predicted octanol–water partition coefficient (Wildman–Crippen LogP) is -0.758. The number of amides is 14. The van der Waals surface area contributed by atoms with Gasteiger partial charge in [-0.1, -0.05) is 88.1 Å². The van der Waals surface area contributed by atoms with E-state index < -0.39 is 206 Å². The summed E-state index contributed by atoms with van der Waals surface area (Å²) in [4.78, 5) is 226. The minimum Gasteiger partial charge on any atom is -0.508 e. The van der Waals surface area contributed by atoms with Crippen LogP contribution in [-0.2, 0) is 84.8 Å². The Morgan fingerprint density at radius 3 is 1.72 bits per heavy atom. The Morgan fingerprint density at radius 2 is 1.14 bits per heavy atom. The highest BCUT2D eigenvalue weighted by Crippen LogP contribution is 2.53. The Labute approximate surface area is 700 Å². The average molecular weight is 1690 g/mol. The fraction of sp³-hybridized carbons (Fsp3) is 0.554. The number of ketones is 1. The van der Waals surface area contributed by atoms with Crippen LogP contribution < -0.4 is 53.6 Å². The fourth-order valence-corrected chi connectivity index (χ4v) is 16.3. The maximum Gasteiger partial charge on any atom is 0.249 e. The number of aromatic nitrogens is 2. The third kappa shape index (κ3) is 24.0. The quantitative estimate of drug-likeness (QED) is 0.0228. The largest absolute Gasteiger partial charge is 0.508 e. The first-order chi connectivity index (χ1) is 57.1. The number of aliphatic hydroxyl groups is 3. The highest BCUT2D eigenvalue weighted by Gasteiger charge is 2.63. The molecule has 2 saturated heterocycles. The van der Waals surface area contributed by atoms with E-state index in [9.17, 15) is 73.2 Å². The van der Waals surface area contributed by atoms with Crippen molar-refractivity contribution in [1.29, 1.82) is 0 Å². The van der Waals surface area contributed by atoms with Gasteiger partial charge >= 0.3 is 0 Å². The summed E-state index contributed by atoms with van der Waals surface area (Å²) in [7, 11) is 7.52. The lowest BCUT2D eigenvalue weighted by Gasteiger charge is -2.36. The van der Waals surface area contributed by atoms with Crippen molar-refractivity contribution in [3.63, 3.8) is 0 Å². The summed E-state index contributed by atoms with van der Waals surface area (Å²) in [6.45, 7) is 5.57. The lowest BCUT2D eigenvalue weighted by Crippen LogP contribution is -2.61. The van der Waals surface area contributed by atoms with E-state index in [0.29, 0.717) is 69.9 Å². The number of thioether (sulfide) groups is 1. The van der Waals surface area contributed by atoms with Crippen LogP contribution in [0.5, 0.6) is 5.75 Å². The standard InChI is InChI=1S/C83H117N17O19S/c1-11-13-24-65(75(112)86-7)97(9)81(118)67(25-14-12-2)98(10)78(115)61(35-51-40-88-58-23-18-16-21-55(51)58)92-74(111)63(42-101)93-72(109)60(34-50-39-87-57-22-17-15-20-54(50)57)90-77(114)68-36-53(105)41-100(68)79(116)59(32-27-47(4)103)89-73(110)64(43-102)94-76(113)66-26-19-33-99(66)80(117)62(37-69(84)106)91-71(108)48(5)96(8)82(119)83(95-70(107)45-120-44-46(3)85-6)38-56(83)49-28-30-52(104)31-29-49/h15-18,20-23,28-31,39-40,46,48,53,56,59-68,85,87-88,101-102,104-105H,11-14,19,24-27,32-38,41-45H2,1-10H3,(H2,84,106)(H,86,112)(H,89,110)(H,90,114)(H,91,108)(H,92,111)(H,93,109)(H,94,113)(H,95,107)/t46-,48+,53-,56?,59+,60+,61+,62+,63+,64+,65+,66+,67+,68+,83?/m1/s1. The first kappa shape index (κ1) is 94.5. The fourth-order valence-electron chi connectivity index (χ4n) is 15.4. The molecule has 15 atom stereocenters. The molecule has 3 aliphatic rings. The van der Waals surface area contributed by atoms with Gasteiger partial charge in [0.15, 0.2) is 0 Å². The topological polar surface area (TPSA) is 519 Å². The van der Waals surface area contributed by atoms with E-state index in [0.717, 1.165) is 21.1 Å². The number of fused-ring (bicyclic) bond motifs is 2. The number of H-pyrrole nitrogens is 2. The van der Waals surface area contributed by atoms with E-state index >= 15 is 19.2 Å². The van der Waals surface area contributed by atoms with Gasteiger partial charge in [-0.25, -0.2) is 0 Å². The number of unbranched alkanes of at least 4 members (excludes halogenated alkanes) is 2. The second-order valence-electron chi connectivity index (χ2n) is 31.3. The lowest BCUT2D eigenvalue weighted by molar-refractivity contribution is -0.149. The number of aliphatic hydroxyl groups excluding tert-OH is 3. The van der Waals surface area contributed by atoms with Gasteiger partial charge in [0.25, 0.3) is 0 Å². The molecule has 2 aliphatic heterocycles. The van der Waals surface area contributed by atoms with Crippen molar-refractivity contribution in [3.05, 3.63) is 102 Å². The van der Waals surface area contributed by atoms with Crippen molar-refractivity contribution >= 4 is 122 Å². The molecule has 3 aromatic carbocycles. The average Bonchev–Trinajstić information content (AvgIpc) is 1.56. The molecule has 1 saturated carbocycles. The number of phenols is 1. The van der Waals surface area contributed by atoms with Gasteiger partial charge in [0, 0.05) is 119 Å². The smallest absolute Gasteiger partial charge is 0.249 e. The highest BCUT2D eigenvalue weighted by molar-refractivity contribution is 8.00. The molecule has 1 aliphatic carbocycles. The molecule has 5 aromatic rings. The van der Waals surface area contributed by atoms with Gasteiger partial charge in [0.05, 0.1) is 31.5 Å². The molecule has 0 radical (unpaired) electrons. The third-order valence-electron chi connectivity index (χ3n) is 22.7. The van der Waals surface area contributed by atoms with Gasteiger partial charge in [-0.05, 0) is 107 Å². The Morgan fingerprint density at radius 1 is 0.617 bits per heavy atom. The third-order valence-corrected chi connectivity index (χ3v) is 23.9. The van der Waals surface area contributed by atoms with Crippen molar-refractivity contribution in [2.75, 3.05) is 73.0 Å². The molecule has 8 rings (SSSR count). The van der Waals surface area contributed by atoms with Crippen LogP contribution in [0.25, 0.3) is 21.8 Å². The number of nitrogens with one attached hydrogen (secondary N) is 11. The number of likely N-dealkylation sites (N-methyl/N-ethyl adjacent to an activating group) is 4. The Hall–Kier alpha value is -11.0. The van der Waals surface area contributed by atoms with Crippen LogP contribution in [0.2, 0.25) is 0 Å². The maximum atomic E-state index is 15.2. The molecule has 14 amide bonds. The van der Waals surface area contributed by atoms with Crippen molar-refractivity contribution in [3.8, 4) is 5.75 Å². The van der Waals surface area contributed by atoms with Gasteiger partial charge in [0.2, 0.25) is 82.7 Å². The summed E-state index contributed by atoms with van der Waals surface area (Å²) in [6.07, 6.45) is 2.77. The molecule has 654 valence electrons. The molecular formula is C83H117N17O19S. The number of nitrogens with zero attached hydrogens (tertiary/aromatic N) is 5. The zero-order valence-electron chi connectivity index (χ0n) is 69.6. The number of carbonyl (C=O) groups excluding carboxylic acids is 15. The molecule has 37 heteroatoms. The first-order valence-electron chi connectivity index (χ1n) is 40.7. The molecule has 3 fully saturated rings. The normalized spacial score (nSPS) is 19.3. The van der Waals surface area contributed by atoms with E-state index in [1.54, 1.807) is 68.0 Å². The Balaban J connectivity index is 0.971. The van der Waals surface area contributed by atoms with Crippen molar-refractivity contribution in [2.45, 2.75) is 221 Å². The van der Waals surface area contributed by atoms with Crippen LogP contribution in [0.3, 0.4) is 0 Å². The van der Waals surface area contributed by atoms with Gasteiger partial charge in [-0.15, -0.1) is 0 Å². The van der Waals surface area contributed by atoms with E-state index in [-0.39, 0.29) is 74.9 Å². The first-order valence-corrected chi connectivity index (χ1v) is 41.9. The van der Waals surface area contributed by atoms with Crippen molar-refractivity contribution in [2.24, 2.45) is 5.73 Å². The highest BCUT2D eigenvalue weighted by atomic mass is 32.2. The van der Waals surface area contributed by atoms with Crippen LogP contribution in [0.1, 0.15) is 141 Å². The van der Waals surface area contributed by atoms with E-state index in [4.69, 9.17) is 5.73 Å². The minimum absolute atomic E-state index is 0.0114. The summed E-state index contributed by atoms with van der Waals surface area (Å²) in [5.74, 6) is -12.4. The van der Waals surface area contributed by atoms with Crippen molar-refractivity contribution in [1.82, 2.24) is 82.3 Å². The number of Topliss-reactive ketones (excluding diaryl/α,β-unsaturated/α-hetero) is 1. The zero-order chi connectivity index (χ0) is 88.0. The minimum atomic E-state index is -1.87. The molecule has 2 unspecified atom stereocenters. The Bertz CT molecular complexity index is 4500. The van der Waals surface area contributed by atoms with Crippen LogP contribution in [0, 0.1) is 0 Å². The summed E-state index contributed by atoms with van der Waals surface area (Å²) in [5, 5.41) is 68.4. The number of benzene rings is 3. The van der Waals surface area contributed by atoms with Crippen molar-refractivity contribution < 1.29 is 92.3 Å². The van der Waals surface area contributed by atoms with Gasteiger partial charge in [-0.2, -0.15) is 11.8 Å². The molecule has 4 heterocycles. The van der Waals surface area contributed by atoms with Crippen LogP contribution in [-0.4, -0.2) is 301 Å².